The molecule has 0 aliphatic heterocycles. The first-order valence-electron chi connectivity index (χ1n) is 7.36. The molecule has 2 heteroatoms. The first-order chi connectivity index (χ1) is 10.2. The van der Waals surface area contributed by atoms with E-state index in [2.05, 4.69) is 60.7 Å². The van der Waals surface area contributed by atoms with E-state index in [-0.39, 0.29) is 0 Å². The fourth-order valence-corrected chi connectivity index (χ4v) is 2.77. The Bertz CT molecular complexity index is 739. The van der Waals surface area contributed by atoms with E-state index in [1.807, 2.05) is 30.6 Å². The van der Waals surface area contributed by atoms with Gasteiger partial charge in [-0.3, -0.25) is 4.57 Å². The number of aromatic nitrogens is 2. The lowest BCUT2D eigenvalue weighted by Gasteiger charge is -2.13. The van der Waals surface area contributed by atoms with Gasteiger partial charge in [-0.1, -0.05) is 50.2 Å². The summed E-state index contributed by atoms with van der Waals surface area (Å²) in [6, 6.07) is 16.9. The van der Waals surface area contributed by atoms with Crippen molar-refractivity contribution in [1.82, 2.24) is 9.55 Å². The van der Waals surface area contributed by atoms with Gasteiger partial charge in [-0.25, -0.2) is 4.98 Å². The first-order valence-corrected chi connectivity index (χ1v) is 7.36. The normalized spacial score (nSPS) is 11.0. The second-order valence-electron chi connectivity index (χ2n) is 5.68. The van der Waals surface area contributed by atoms with Crippen LogP contribution >= 0.6 is 0 Å². The number of rotatable bonds is 3. The molecule has 1 aromatic heterocycles. The van der Waals surface area contributed by atoms with E-state index in [1.165, 1.54) is 11.1 Å². The summed E-state index contributed by atoms with van der Waals surface area (Å²) in [5.41, 5.74) is 5.02. The highest BCUT2D eigenvalue weighted by atomic mass is 15.1. The van der Waals surface area contributed by atoms with Gasteiger partial charge in [-0.15, -0.1) is 0 Å². The van der Waals surface area contributed by atoms with Crippen LogP contribution in [0.3, 0.4) is 0 Å². The van der Waals surface area contributed by atoms with Gasteiger partial charge in [0, 0.05) is 23.6 Å². The molecule has 2 nitrogen and oxygen atoms in total. The molecule has 0 fully saturated rings. The van der Waals surface area contributed by atoms with E-state index in [0.717, 1.165) is 17.1 Å². The van der Waals surface area contributed by atoms with Crippen LogP contribution in [0.25, 0.3) is 17.1 Å². The van der Waals surface area contributed by atoms with Crippen LogP contribution in [0.4, 0.5) is 0 Å². The van der Waals surface area contributed by atoms with Crippen molar-refractivity contribution in [3.8, 4) is 17.1 Å². The minimum Gasteiger partial charge on any atom is -0.300 e. The van der Waals surface area contributed by atoms with E-state index in [9.17, 15) is 0 Å². The number of hydrogen-bond donors (Lipinski definition) is 0. The van der Waals surface area contributed by atoms with Gasteiger partial charge in [-0.05, 0) is 36.1 Å². The van der Waals surface area contributed by atoms with Gasteiger partial charge >= 0.3 is 0 Å². The molecule has 2 aromatic carbocycles. The van der Waals surface area contributed by atoms with Crippen LogP contribution in [0.1, 0.15) is 30.9 Å². The molecule has 0 amide bonds. The molecular formula is C19H20N2. The maximum atomic E-state index is 4.51. The van der Waals surface area contributed by atoms with Crippen LogP contribution in [0.5, 0.6) is 0 Å². The topological polar surface area (TPSA) is 17.8 Å². The second-order valence-corrected chi connectivity index (χ2v) is 5.68. The van der Waals surface area contributed by atoms with Crippen LogP contribution in [-0.2, 0) is 0 Å². The molecule has 0 radical (unpaired) electrons. The van der Waals surface area contributed by atoms with E-state index in [1.54, 1.807) is 0 Å². The average Bonchev–Trinajstić information content (AvgIpc) is 2.97. The molecule has 3 rings (SSSR count). The van der Waals surface area contributed by atoms with E-state index < -0.39 is 0 Å². The first kappa shape index (κ1) is 13.6. The van der Waals surface area contributed by atoms with E-state index in [4.69, 9.17) is 0 Å². The summed E-state index contributed by atoms with van der Waals surface area (Å²) >= 11 is 0. The summed E-state index contributed by atoms with van der Waals surface area (Å²) in [5, 5.41) is 0. The number of benzene rings is 2. The minimum atomic E-state index is 0.551. The fourth-order valence-electron chi connectivity index (χ4n) is 2.77. The second kappa shape index (κ2) is 5.57. The Morgan fingerprint density at radius 3 is 2.43 bits per heavy atom. The SMILES string of the molecule is Cc1cc(-n2ccnc2-c2ccccc2)ccc1C(C)C. The summed E-state index contributed by atoms with van der Waals surface area (Å²) in [7, 11) is 0. The van der Waals surface area contributed by atoms with Crippen molar-refractivity contribution in [2.75, 3.05) is 0 Å². The van der Waals surface area contributed by atoms with Gasteiger partial charge in [0.2, 0.25) is 0 Å². The highest BCUT2D eigenvalue weighted by molar-refractivity contribution is 5.59. The largest absolute Gasteiger partial charge is 0.300 e. The van der Waals surface area contributed by atoms with Crippen LogP contribution in [0.15, 0.2) is 60.9 Å². The van der Waals surface area contributed by atoms with Crippen molar-refractivity contribution in [2.24, 2.45) is 0 Å². The summed E-state index contributed by atoms with van der Waals surface area (Å²) in [6.45, 7) is 6.64. The van der Waals surface area contributed by atoms with Crippen molar-refractivity contribution in [2.45, 2.75) is 26.7 Å². The predicted octanol–water partition coefficient (Wildman–Crippen LogP) is 4.97. The van der Waals surface area contributed by atoms with Gasteiger partial charge in [0.15, 0.2) is 0 Å². The smallest absolute Gasteiger partial charge is 0.144 e. The van der Waals surface area contributed by atoms with Crippen molar-refractivity contribution in [3.63, 3.8) is 0 Å². The third-order valence-corrected chi connectivity index (χ3v) is 3.83. The van der Waals surface area contributed by atoms with Crippen LogP contribution in [0, 0.1) is 6.92 Å². The Morgan fingerprint density at radius 2 is 1.76 bits per heavy atom. The molecule has 0 spiro atoms. The molecule has 21 heavy (non-hydrogen) atoms. The highest BCUT2D eigenvalue weighted by Gasteiger charge is 2.09. The Morgan fingerprint density at radius 1 is 1.00 bits per heavy atom. The molecule has 0 bridgehead atoms. The Labute approximate surface area is 126 Å². The van der Waals surface area contributed by atoms with E-state index in [0.29, 0.717) is 5.92 Å². The maximum absolute atomic E-state index is 4.51. The monoisotopic (exact) mass is 276 g/mol. The van der Waals surface area contributed by atoms with Crippen molar-refractivity contribution < 1.29 is 0 Å². The average molecular weight is 276 g/mol. The quantitative estimate of drug-likeness (QED) is 0.660. The molecule has 0 atom stereocenters. The van der Waals surface area contributed by atoms with Crippen molar-refractivity contribution in [1.29, 1.82) is 0 Å². The Balaban J connectivity index is 2.07. The van der Waals surface area contributed by atoms with Gasteiger partial charge < -0.3 is 0 Å². The fraction of sp³-hybridized carbons (Fsp3) is 0.211. The number of imidazole rings is 1. The number of hydrogen-bond acceptors (Lipinski definition) is 1. The summed E-state index contributed by atoms with van der Waals surface area (Å²) in [4.78, 5) is 4.51. The lowest BCUT2D eigenvalue weighted by atomic mass is 9.97. The Kier molecular flexibility index (Phi) is 3.61. The van der Waals surface area contributed by atoms with Crippen LogP contribution in [0.2, 0.25) is 0 Å². The molecule has 0 N–H and O–H groups in total. The highest BCUT2D eigenvalue weighted by Crippen LogP contribution is 2.25. The number of nitrogens with zero attached hydrogens (tertiary/aromatic N) is 2. The van der Waals surface area contributed by atoms with Crippen molar-refractivity contribution >= 4 is 0 Å². The Hall–Kier alpha value is -2.35. The van der Waals surface area contributed by atoms with Gasteiger partial charge in [-0.2, -0.15) is 0 Å². The molecule has 1 heterocycles. The molecule has 106 valence electrons. The van der Waals surface area contributed by atoms with Crippen LogP contribution < -0.4 is 0 Å². The lowest BCUT2D eigenvalue weighted by Crippen LogP contribution is -1.99. The number of aryl methyl sites for hydroxylation is 1. The molecule has 0 saturated carbocycles. The van der Waals surface area contributed by atoms with Gasteiger partial charge in [0.1, 0.15) is 5.82 Å². The standard InChI is InChI=1S/C19H20N2/c1-14(2)18-10-9-17(13-15(18)3)21-12-11-20-19(21)16-7-5-4-6-8-16/h4-14H,1-3H3. The zero-order chi connectivity index (χ0) is 14.8. The van der Waals surface area contributed by atoms with Gasteiger partial charge in [0.25, 0.3) is 0 Å². The maximum Gasteiger partial charge on any atom is 0.144 e. The van der Waals surface area contributed by atoms with Crippen LogP contribution in [-0.4, -0.2) is 9.55 Å². The molecule has 0 unspecified atom stereocenters. The molecular weight excluding hydrogens is 256 g/mol. The van der Waals surface area contributed by atoms with Gasteiger partial charge in [0.05, 0.1) is 0 Å². The summed E-state index contributed by atoms with van der Waals surface area (Å²) in [6.07, 6.45) is 3.88. The summed E-state index contributed by atoms with van der Waals surface area (Å²) < 4.78 is 2.15. The zero-order valence-corrected chi connectivity index (χ0v) is 12.7. The molecule has 0 aliphatic rings. The molecule has 0 saturated heterocycles. The minimum absolute atomic E-state index is 0.551. The third-order valence-electron chi connectivity index (χ3n) is 3.83. The zero-order valence-electron chi connectivity index (χ0n) is 12.7. The third kappa shape index (κ3) is 2.62. The molecule has 0 aliphatic carbocycles. The predicted molar refractivity (Wildman–Crippen MR) is 87.8 cm³/mol. The lowest BCUT2D eigenvalue weighted by molar-refractivity contribution is 0.854. The molecule has 3 aromatic rings. The van der Waals surface area contributed by atoms with Crippen molar-refractivity contribution in [3.05, 3.63) is 72.1 Å². The summed E-state index contributed by atoms with van der Waals surface area (Å²) in [5.74, 6) is 1.53. The van der Waals surface area contributed by atoms with E-state index >= 15 is 0 Å².